The molecule has 2 unspecified atom stereocenters. The molecule has 4 heteroatoms. The fraction of sp³-hybridized carbons (Fsp3) is 0.643. The van der Waals surface area contributed by atoms with Crippen LogP contribution in [0.4, 0.5) is 0 Å². The van der Waals surface area contributed by atoms with Crippen LogP contribution in [0.2, 0.25) is 0 Å². The Morgan fingerprint density at radius 2 is 2.39 bits per heavy atom. The highest BCUT2D eigenvalue weighted by molar-refractivity contribution is 5.15. The first kappa shape index (κ1) is 13.5. The van der Waals surface area contributed by atoms with Gasteiger partial charge >= 0.3 is 0 Å². The summed E-state index contributed by atoms with van der Waals surface area (Å²) in [5.41, 5.74) is 1.32. The number of hydrogen-bond acceptors (Lipinski definition) is 4. The van der Waals surface area contributed by atoms with Gasteiger partial charge in [0.25, 0.3) is 0 Å². The summed E-state index contributed by atoms with van der Waals surface area (Å²) in [5.74, 6) is 0. The lowest BCUT2D eigenvalue weighted by molar-refractivity contribution is 0.125. The van der Waals surface area contributed by atoms with Gasteiger partial charge in [-0.25, -0.2) is 0 Å². The molecule has 4 nitrogen and oxygen atoms in total. The second-order valence-corrected chi connectivity index (χ2v) is 5.41. The Kier molecular flexibility index (Phi) is 4.69. The summed E-state index contributed by atoms with van der Waals surface area (Å²) < 4.78 is 0. The van der Waals surface area contributed by atoms with Crippen LogP contribution in [0.15, 0.2) is 24.5 Å². The first-order chi connectivity index (χ1) is 8.66. The monoisotopic (exact) mass is 248 g/mol. The summed E-state index contributed by atoms with van der Waals surface area (Å²) in [6, 6.07) is 5.23. The molecule has 0 amide bonds. The van der Waals surface area contributed by atoms with Gasteiger partial charge in [-0.1, -0.05) is 6.07 Å². The first-order valence-corrected chi connectivity index (χ1v) is 6.69. The van der Waals surface area contributed by atoms with Gasteiger partial charge in [0.2, 0.25) is 0 Å². The highest BCUT2D eigenvalue weighted by atomic mass is 15.2. The Balaban J connectivity index is 2.14. The Morgan fingerprint density at radius 3 is 3.00 bits per heavy atom. The van der Waals surface area contributed by atoms with Gasteiger partial charge in [-0.3, -0.25) is 9.88 Å². The van der Waals surface area contributed by atoms with E-state index in [0.29, 0.717) is 12.1 Å². The molecule has 0 spiro atoms. The predicted octanol–water partition coefficient (Wildman–Crippen LogP) is 0.978. The molecule has 18 heavy (non-hydrogen) atoms. The van der Waals surface area contributed by atoms with Gasteiger partial charge in [0.15, 0.2) is 0 Å². The number of pyridine rings is 1. The normalized spacial score (nSPS) is 23.2. The van der Waals surface area contributed by atoms with Gasteiger partial charge in [0.1, 0.15) is 0 Å². The molecule has 2 rings (SSSR count). The molecule has 0 radical (unpaired) electrons. The molecular formula is C14H24N4. The van der Waals surface area contributed by atoms with E-state index in [1.165, 1.54) is 5.56 Å². The number of hydrogen-bond donors (Lipinski definition) is 1. The van der Waals surface area contributed by atoms with E-state index >= 15 is 0 Å². The molecule has 0 saturated carbocycles. The quantitative estimate of drug-likeness (QED) is 0.860. The Bertz CT molecular complexity index is 352. The van der Waals surface area contributed by atoms with Crippen molar-refractivity contribution in [2.75, 3.05) is 40.3 Å². The highest BCUT2D eigenvalue weighted by Crippen LogP contribution is 2.21. The Hall–Kier alpha value is -0.970. The van der Waals surface area contributed by atoms with E-state index in [-0.39, 0.29) is 0 Å². The van der Waals surface area contributed by atoms with E-state index < -0.39 is 0 Å². The zero-order chi connectivity index (χ0) is 13.0. The van der Waals surface area contributed by atoms with Gasteiger partial charge in [0.05, 0.1) is 0 Å². The summed E-state index contributed by atoms with van der Waals surface area (Å²) in [7, 11) is 4.27. The van der Waals surface area contributed by atoms with E-state index in [1.807, 2.05) is 18.5 Å². The molecule has 1 fully saturated rings. The fourth-order valence-electron chi connectivity index (χ4n) is 2.60. The number of nitrogens with one attached hydrogen (secondary N) is 1. The third-order valence-electron chi connectivity index (χ3n) is 3.45. The maximum Gasteiger partial charge on any atom is 0.0491 e. The standard InChI is InChI=1S/C14H24N4/c1-12-10-18(8-7-16-12)14(11-17(2)3)13-5-4-6-15-9-13/h4-6,9,12,14,16H,7-8,10-11H2,1-3H3. The molecule has 1 saturated heterocycles. The SMILES string of the molecule is CC1CN(C(CN(C)C)c2cccnc2)CCN1. The zero-order valence-corrected chi connectivity index (χ0v) is 11.6. The molecule has 1 aliphatic heterocycles. The summed E-state index contributed by atoms with van der Waals surface area (Å²) in [6.07, 6.45) is 3.84. The Labute approximate surface area is 110 Å². The van der Waals surface area contributed by atoms with Crippen LogP contribution in [0.1, 0.15) is 18.5 Å². The van der Waals surface area contributed by atoms with Crippen LogP contribution in [0.3, 0.4) is 0 Å². The van der Waals surface area contributed by atoms with Crippen molar-refractivity contribution in [3.8, 4) is 0 Å². The summed E-state index contributed by atoms with van der Waals surface area (Å²) in [6.45, 7) is 6.58. The van der Waals surface area contributed by atoms with Crippen molar-refractivity contribution >= 4 is 0 Å². The van der Waals surface area contributed by atoms with Crippen LogP contribution in [0.25, 0.3) is 0 Å². The van der Waals surface area contributed by atoms with Gasteiger partial charge in [-0.2, -0.15) is 0 Å². The van der Waals surface area contributed by atoms with Gasteiger partial charge in [0, 0.05) is 50.7 Å². The van der Waals surface area contributed by atoms with Crippen molar-refractivity contribution in [1.82, 2.24) is 20.1 Å². The average Bonchev–Trinajstić information content (AvgIpc) is 2.37. The van der Waals surface area contributed by atoms with Crippen LogP contribution in [0.5, 0.6) is 0 Å². The van der Waals surface area contributed by atoms with Gasteiger partial charge in [-0.15, -0.1) is 0 Å². The number of nitrogens with zero attached hydrogens (tertiary/aromatic N) is 3. The van der Waals surface area contributed by atoms with Crippen molar-refractivity contribution in [3.63, 3.8) is 0 Å². The topological polar surface area (TPSA) is 31.4 Å². The van der Waals surface area contributed by atoms with Gasteiger partial charge in [-0.05, 0) is 32.6 Å². The predicted molar refractivity (Wildman–Crippen MR) is 74.6 cm³/mol. The van der Waals surface area contributed by atoms with Crippen LogP contribution >= 0.6 is 0 Å². The lowest BCUT2D eigenvalue weighted by atomic mass is 10.0. The van der Waals surface area contributed by atoms with E-state index in [2.05, 4.69) is 47.2 Å². The van der Waals surface area contributed by atoms with E-state index in [0.717, 1.165) is 26.2 Å². The molecule has 1 aliphatic rings. The molecule has 2 atom stereocenters. The van der Waals surface area contributed by atoms with Crippen molar-refractivity contribution in [3.05, 3.63) is 30.1 Å². The van der Waals surface area contributed by atoms with Gasteiger partial charge < -0.3 is 10.2 Å². The minimum Gasteiger partial charge on any atom is -0.312 e. The van der Waals surface area contributed by atoms with E-state index in [4.69, 9.17) is 0 Å². The van der Waals surface area contributed by atoms with Crippen LogP contribution in [-0.4, -0.2) is 61.1 Å². The van der Waals surface area contributed by atoms with Crippen LogP contribution in [-0.2, 0) is 0 Å². The van der Waals surface area contributed by atoms with Crippen LogP contribution < -0.4 is 5.32 Å². The van der Waals surface area contributed by atoms with Crippen molar-refractivity contribution in [1.29, 1.82) is 0 Å². The molecule has 1 N–H and O–H groups in total. The molecule has 1 aromatic rings. The molecule has 0 bridgehead atoms. The lowest BCUT2D eigenvalue weighted by Gasteiger charge is -2.39. The van der Waals surface area contributed by atoms with Crippen molar-refractivity contribution in [2.24, 2.45) is 0 Å². The lowest BCUT2D eigenvalue weighted by Crippen LogP contribution is -2.51. The maximum atomic E-state index is 4.27. The van der Waals surface area contributed by atoms with Crippen molar-refractivity contribution in [2.45, 2.75) is 19.0 Å². The largest absolute Gasteiger partial charge is 0.312 e. The summed E-state index contributed by atoms with van der Waals surface area (Å²) in [5, 5.41) is 3.50. The Morgan fingerprint density at radius 1 is 1.56 bits per heavy atom. The zero-order valence-electron chi connectivity index (χ0n) is 11.6. The minimum absolute atomic E-state index is 0.443. The average molecular weight is 248 g/mol. The molecular weight excluding hydrogens is 224 g/mol. The number of likely N-dealkylation sites (N-methyl/N-ethyl adjacent to an activating group) is 1. The second-order valence-electron chi connectivity index (χ2n) is 5.41. The molecule has 1 aromatic heterocycles. The molecule has 2 heterocycles. The molecule has 100 valence electrons. The van der Waals surface area contributed by atoms with E-state index in [1.54, 1.807) is 0 Å². The first-order valence-electron chi connectivity index (χ1n) is 6.69. The molecule has 0 aliphatic carbocycles. The second kappa shape index (κ2) is 6.27. The van der Waals surface area contributed by atoms with Crippen LogP contribution in [0, 0.1) is 0 Å². The third-order valence-corrected chi connectivity index (χ3v) is 3.45. The minimum atomic E-state index is 0.443. The summed E-state index contributed by atoms with van der Waals surface area (Å²) >= 11 is 0. The smallest absolute Gasteiger partial charge is 0.0491 e. The maximum absolute atomic E-state index is 4.27. The number of aromatic nitrogens is 1. The third kappa shape index (κ3) is 3.51. The van der Waals surface area contributed by atoms with Crippen molar-refractivity contribution < 1.29 is 0 Å². The number of rotatable bonds is 4. The van der Waals surface area contributed by atoms with E-state index in [9.17, 15) is 0 Å². The fourth-order valence-corrected chi connectivity index (χ4v) is 2.60. The molecule has 0 aromatic carbocycles. The number of piperazine rings is 1. The highest BCUT2D eigenvalue weighted by Gasteiger charge is 2.25. The summed E-state index contributed by atoms with van der Waals surface area (Å²) in [4.78, 5) is 9.09.